The molecule has 3 heteroatoms. The Balaban J connectivity index is 2.37. The summed E-state index contributed by atoms with van der Waals surface area (Å²) in [7, 11) is 4.04. The van der Waals surface area contributed by atoms with E-state index in [0.29, 0.717) is 0 Å². The zero-order valence-electron chi connectivity index (χ0n) is 11.4. The molecule has 0 spiro atoms. The van der Waals surface area contributed by atoms with Crippen molar-refractivity contribution in [2.75, 3.05) is 14.1 Å². The monoisotopic (exact) mass is 251 g/mol. The van der Waals surface area contributed by atoms with Gasteiger partial charge in [-0.25, -0.2) is 4.39 Å². The number of hydrogen-bond acceptors (Lipinski definition) is 2. The van der Waals surface area contributed by atoms with E-state index in [4.69, 9.17) is 0 Å². The van der Waals surface area contributed by atoms with Crippen molar-refractivity contribution < 1.29 is 9.50 Å². The SMILES string of the molecule is Cc1cc(F)ccc1C(O)C1(N(C)C)CCCC1. The van der Waals surface area contributed by atoms with E-state index in [0.717, 1.165) is 36.8 Å². The number of halogens is 1. The first-order chi connectivity index (χ1) is 8.47. The highest BCUT2D eigenvalue weighted by Crippen LogP contribution is 2.44. The Hall–Kier alpha value is -0.930. The fourth-order valence-corrected chi connectivity index (χ4v) is 3.19. The number of likely N-dealkylation sites (N-methyl/N-ethyl adjacent to an activating group) is 1. The van der Waals surface area contributed by atoms with Crippen LogP contribution in [-0.2, 0) is 0 Å². The molecule has 2 rings (SSSR count). The molecule has 100 valence electrons. The van der Waals surface area contributed by atoms with Crippen molar-refractivity contribution in [1.82, 2.24) is 4.90 Å². The molecule has 1 aromatic rings. The number of aliphatic hydroxyl groups is 1. The second-order valence-corrected chi connectivity index (χ2v) is 5.61. The standard InChI is InChI=1S/C15H22FNO/c1-11-10-12(16)6-7-13(11)14(18)15(17(2)3)8-4-5-9-15/h6-7,10,14,18H,4-5,8-9H2,1-3H3. The Morgan fingerprint density at radius 3 is 2.39 bits per heavy atom. The number of benzene rings is 1. The first-order valence-corrected chi connectivity index (χ1v) is 6.59. The lowest BCUT2D eigenvalue weighted by Gasteiger charge is -2.41. The van der Waals surface area contributed by atoms with Gasteiger partial charge in [0.15, 0.2) is 0 Å². The molecule has 1 N–H and O–H groups in total. The Labute approximate surface area is 108 Å². The van der Waals surface area contributed by atoms with Gasteiger partial charge in [-0.15, -0.1) is 0 Å². The molecule has 0 bridgehead atoms. The third-order valence-corrected chi connectivity index (χ3v) is 4.40. The molecule has 0 amide bonds. The molecular weight excluding hydrogens is 229 g/mol. The van der Waals surface area contributed by atoms with Crippen LogP contribution in [0.4, 0.5) is 4.39 Å². The van der Waals surface area contributed by atoms with Crippen LogP contribution < -0.4 is 0 Å². The van der Waals surface area contributed by atoms with Crippen LogP contribution in [-0.4, -0.2) is 29.6 Å². The van der Waals surface area contributed by atoms with Gasteiger partial charge in [-0.1, -0.05) is 18.9 Å². The fourth-order valence-electron chi connectivity index (χ4n) is 3.19. The fraction of sp³-hybridized carbons (Fsp3) is 0.600. The molecule has 1 saturated carbocycles. The maximum Gasteiger partial charge on any atom is 0.123 e. The van der Waals surface area contributed by atoms with Crippen LogP contribution in [0.15, 0.2) is 18.2 Å². The average Bonchev–Trinajstić information content (AvgIpc) is 2.78. The average molecular weight is 251 g/mol. The Kier molecular flexibility index (Phi) is 3.74. The number of aliphatic hydroxyl groups excluding tert-OH is 1. The first kappa shape index (κ1) is 13.5. The minimum Gasteiger partial charge on any atom is -0.386 e. The molecule has 0 saturated heterocycles. The molecule has 0 radical (unpaired) electrons. The lowest BCUT2D eigenvalue weighted by molar-refractivity contribution is -0.00513. The number of nitrogens with zero attached hydrogens (tertiary/aromatic N) is 1. The number of hydrogen-bond donors (Lipinski definition) is 1. The molecule has 2 nitrogen and oxygen atoms in total. The Bertz CT molecular complexity index is 425. The van der Waals surface area contributed by atoms with Crippen molar-refractivity contribution in [3.8, 4) is 0 Å². The minimum atomic E-state index is -0.546. The largest absolute Gasteiger partial charge is 0.386 e. The molecule has 1 fully saturated rings. The lowest BCUT2D eigenvalue weighted by Crippen LogP contribution is -2.47. The highest BCUT2D eigenvalue weighted by atomic mass is 19.1. The van der Waals surface area contributed by atoms with E-state index in [-0.39, 0.29) is 11.4 Å². The van der Waals surface area contributed by atoms with Gasteiger partial charge in [-0.2, -0.15) is 0 Å². The van der Waals surface area contributed by atoms with Crippen LogP contribution in [0.25, 0.3) is 0 Å². The van der Waals surface area contributed by atoms with Crippen LogP contribution in [0.3, 0.4) is 0 Å². The van der Waals surface area contributed by atoms with Gasteiger partial charge in [-0.05, 0) is 57.1 Å². The van der Waals surface area contributed by atoms with Crippen molar-refractivity contribution >= 4 is 0 Å². The molecule has 1 aliphatic rings. The third-order valence-electron chi connectivity index (χ3n) is 4.40. The molecule has 18 heavy (non-hydrogen) atoms. The van der Waals surface area contributed by atoms with Crippen LogP contribution >= 0.6 is 0 Å². The van der Waals surface area contributed by atoms with Crippen LogP contribution in [0, 0.1) is 12.7 Å². The summed E-state index contributed by atoms with van der Waals surface area (Å²) in [5.41, 5.74) is 1.49. The van der Waals surface area contributed by atoms with Crippen molar-refractivity contribution in [1.29, 1.82) is 0 Å². The lowest BCUT2D eigenvalue weighted by atomic mass is 9.83. The molecule has 0 aromatic heterocycles. The molecule has 0 heterocycles. The van der Waals surface area contributed by atoms with E-state index in [9.17, 15) is 9.50 Å². The van der Waals surface area contributed by atoms with Gasteiger partial charge in [0.05, 0.1) is 11.6 Å². The molecular formula is C15H22FNO. The van der Waals surface area contributed by atoms with E-state index >= 15 is 0 Å². The zero-order valence-corrected chi connectivity index (χ0v) is 11.4. The number of rotatable bonds is 3. The van der Waals surface area contributed by atoms with Gasteiger partial charge in [0.1, 0.15) is 5.82 Å². The Morgan fingerprint density at radius 2 is 1.89 bits per heavy atom. The van der Waals surface area contributed by atoms with Gasteiger partial charge in [0, 0.05) is 0 Å². The normalized spacial score (nSPS) is 20.3. The molecule has 1 unspecified atom stereocenters. The zero-order chi connectivity index (χ0) is 13.3. The topological polar surface area (TPSA) is 23.5 Å². The maximum atomic E-state index is 13.2. The highest BCUT2D eigenvalue weighted by Gasteiger charge is 2.43. The quantitative estimate of drug-likeness (QED) is 0.892. The summed E-state index contributed by atoms with van der Waals surface area (Å²) in [6.07, 6.45) is 3.75. The van der Waals surface area contributed by atoms with Crippen molar-refractivity contribution in [3.63, 3.8) is 0 Å². The van der Waals surface area contributed by atoms with Crippen LogP contribution in [0.5, 0.6) is 0 Å². The van der Waals surface area contributed by atoms with E-state index in [1.807, 2.05) is 21.0 Å². The summed E-state index contributed by atoms with van der Waals surface area (Å²) < 4.78 is 13.2. The molecule has 1 aliphatic carbocycles. The van der Waals surface area contributed by atoms with Crippen molar-refractivity contribution in [2.24, 2.45) is 0 Å². The smallest absolute Gasteiger partial charge is 0.123 e. The highest BCUT2D eigenvalue weighted by molar-refractivity contribution is 5.31. The summed E-state index contributed by atoms with van der Waals surface area (Å²) in [6, 6.07) is 4.65. The summed E-state index contributed by atoms with van der Waals surface area (Å²) in [5, 5.41) is 10.7. The third kappa shape index (κ3) is 2.17. The first-order valence-electron chi connectivity index (χ1n) is 6.59. The van der Waals surface area contributed by atoms with Gasteiger partial charge < -0.3 is 10.0 Å². The van der Waals surface area contributed by atoms with Crippen LogP contribution in [0.1, 0.15) is 42.9 Å². The van der Waals surface area contributed by atoms with E-state index in [1.165, 1.54) is 12.1 Å². The van der Waals surface area contributed by atoms with Gasteiger partial charge in [-0.3, -0.25) is 0 Å². The summed E-state index contributed by atoms with van der Waals surface area (Å²) in [4.78, 5) is 2.13. The van der Waals surface area contributed by atoms with Crippen molar-refractivity contribution in [2.45, 2.75) is 44.2 Å². The summed E-state index contributed by atoms with van der Waals surface area (Å²) in [6.45, 7) is 1.86. The minimum absolute atomic E-state index is 0.192. The molecule has 1 aromatic carbocycles. The summed E-state index contributed by atoms with van der Waals surface area (Å²) >= 11 is 0. The maximum absolute atomic E-state index is 13.2. The molecule has 0 aliphatic heterocycles. The Morgan fingerprint density at radius 1 is 1.28 bits per heavy atom. The van der Waals surface area contributed by atoms with E-state index in [2.05, 4.69) is 4.90 Å². The van der Waals surface area contributed by atoms with Crippen molar-refractivity contribution in [3.05, 3.63) is 35.1 Å². The van der Waals surface area contributed by atoms with E-state index < -0.39 is 6.10 Å². The molecule has 1 atom stereocenters. The van der Waals surface area contributed by atoms with Crippen LogP contribution in [0.2, 0.25) is 0 Å². The second-order valence-electron chi connectivity index (χ2n) is 5.61. The van der Waals surface area contributed by atoms with Gasteiger partial charge in [0.25, 0.3) is 0 Å². The number of aryl methyl sites for hydroxylation is 1. The van der Waals surface area contributed by atoms with Gasteiger partial charge >= 0.3 is 0 Å². The second kappa shape index (κ2) is 4.98. The summed E-state index contributed by atoms with van der Waals surface area (Å²) in [5.74, 6) is -0.242. The van der Waals surface area contributed by atoms with Gasteiger partial charge in [0.2, 0.25) is 0 Å². The predicted molar refractivity (Wildman–Crippen MR) is 71.0 cm³/mol. The van der Waals surface area contributed by atoms with E-state index in [1.54, 1.807) is 6.07 Å². The predicted octanol–water partition coefficient (Wildman–Crippen LogP) is 3.04.